The van der Waals surface area contributed by atoms with Crippen molar-refractivity contribution in [2.24, 2.45) is 5.92 Å². The summed E-state index contributed by atoms with van der Waals surface area (Å²) >= 11 is 0. The van der Waals surface area contributed by atoms with Crippen LogP contribution in [0.2, 0.25) is 0 Å². The number of nitrogens with one attached hydrogen (secondary N) is 2. The smallest absolute Gasteiger partial charge is 0.124 e. The van der Waals surface area contributed by atoms with Gasteiger partial charge in [0.15, 0.2) is 0 Å². The first-order valence-corrected chi connectivity index (χ1v) is 8.23. The Bertz CT molecular complexity index is 680. The van der Waals surface area contributed by atoms with E-state index < -0.39 is 0 Å². The van der Waals surface area contributed by atoms with Crippen LogP contribution >= 0.6 is 0 Å². The van der Waals surface area contributed by atoms with Crippen LogP contribution in [0.3, 0.4) is 0 Å². The van der Waals surface area contributed by atoms with E-state index in [9.17, 15) is 0 Å². The maximum absolute atomic E-state index is 5.50. The molecule has 5 heteroatoms. The standard InChI is InChI=1S/C18H26N4O/c1-12-5-6-17(23-4)16(7-12)14(3)19-9-15-10-20-18-8-13(2)21-22(18)11-15/h5-8,14-15,19-20H,9-11H2,1-4H3/t14-,15-/m0/s1. The number of rotatable bonds is 5. The van der Waals surface area contributed by atoms with Crippen LogP contribution in [-0.4, -0.2) is 30.0 Å². The number of anilines is 1. The van der Waals surface area contributed by atoms with Crippen molar-refractivity contribution < 1.29 is 4.74 Å². The van der Waals surface area contributed by atoms with E-state index in [4.69, 9.17) is 4.74 Å². The van der Waals surface area contributed by atoms with Gasteiger partial charge in [0.2, 0.25) is 0 Å². The van der Waals surface area contributed by atoms with Gasteiger partial charge in [-0.05, 0) is 26.8 Å². The van der Waals surface area contributed by atoms with Gasteiger partial charge in [-0.1, -0.05) is 17.7 Å². The number of nitrogens with zero attached hydrogens (tertiary/aromatic N) is 2. The number of ether oxygens (including phenoxy) is 1. The summed E-state index contributed by atoms with van der Waals surface area (Å²) in [6.07, 6.45) is 0. The molecule has 0 radical (unpaired) electrons. The molecule has 124 valence electrons. The first-order valence-electron chi connectivity index (χ1n) is 8.23. The fraction of sp³-hybridized carbons (Fsp3) is 0.500. The van der Waals surface area contributed by atoms with E-state index in [0.717, 1.165) is 36.9 Å². The molecule has 1 aromatic heterocycles. The molecule has 2 N–H and O–H groups in total. The van der Waals surface area contributed by atoms with Crippen LogP contribution < -0.4 is 15.4 Å². The number of benzene rings is 1. The molecule has 3 rings (SSSR count). The highest BCUT2D eigenvalue weighted by atomic mass is 16.5. The second-order valence-corrected chi connectivity index (χ2v) is 6.48. The predicted octanol–water partition coefficient (Wildman–Crippen LogP) is 2.90. The molecule has 5 nitrogen and oxygen atoms in total. The zero-order valence-electron chi connectivity index (χ0n) is 14.4. The van der Waals surface area contributed by atoms with E-state index in [0.29, 0.717) is 5.92 Å². The minimum absolute atomic E-state index is 0.255. The molecule has 1 aliphatic rings. The molecular formula is C18H26N4O. The summed E-state index contributed by atoms with van der Waals surface area (Å²) in [6, 6.07) is 8.69. The molecule has 0 fully saturated rings. The average Bonchev–Trinajstić information content (AvgIpc) is 2.91. The predicted molar refractivity (Wildman–Crippen MR) is 93.1 cm³/mol. The molecule has 0 amide bonds. The molecule has 2 heterocycles. The van der Waals surface area contributed by atoms with Crippen molar-refractivity contribution in [3.05, 3.63) is 41.1 Å². The van der Waals surface area contributed by atoms with Crippen LogP contribution in [-0.2, 0) is 6.54 Å². The summed E-state index contributed by atoms with van der Waals surface area (Å²) in [4.78, 5) is 0. The van der Waals surface area contributed by atoms with Gasteiger partial charge in [0.1, 0.15) is 11.6 Å². The minimum atomic E-state index is 0.255. The lowest BCUT2D eigenvalue weighted by Crippen LogP contribution is -2.36. The highest BCUT2D eigenvalue weighted by molar-refractivity contribution is 5.39. The van der Waals surface area contributed by atoms with Crippen molar-refractivity contribution in [3.63, 3.8) is 0 Å². The Morgan fingerprint density at radius 1 is 1.39 bits per heavy atom. The third kappa shape index (κ3) is 3.50. The molecule has 0 aliphatic carbocycles. The zero-order valence-corrected chi connectivity index (χ0v) is 14.4. The maximum Gasteiger partial charge on any atom is 0.124 e. The zero-order chi connectivity index (χ0) is 16.4. The van der Waals surface area contributed by atoms with Crippen molar-refractivity contribution >= 4 is 5.82 Å². The first-order chi connectivity index (χ1) is 11.1. The number of hydrogen-bond acceptors (Lipinski definition) is 4. The molecule has 1 aliphatic heterocycles. The summed E-state index contributed by atoms with van der Waals surface area (Å²) < 4.78 is 7.57. The van der Waals surface area contributed by atoms with E-state index in [1.54, 1.807) is 7.11 Å². The Kier molecular flexibility index (Phi) is 4.57. The van der Waals surface area contributed by atoms with E-state index in [-0.39, 0.29) is 6.04 Å². The molecule has 0 unspecified atom stereocenters. The van der Waals surface area contributed by atoms with Crippen LogP contribution in [0.5, 0.6) is 5.75 Å². The summed E-state index contributed by atoms with van der Waals surface area (Å²) in [7, 11) is 1.73. The van der Waals surface area contributed by atoms with Crippen LogP contribution in [0.1, 0.15) is 29.8 Å². The van der Waals surface area contributed by atoms with E-state index in [1.807, 2.05) is 13.0 Å². The Labute approximate surface area is 138 Å². The van der Waals surface area contributed by atoms with Gasteiger partial charge >= 0.3 is 0 Å². The Morgan fingerprint density at radius 2 is 2.22 bits per heavy atom. The van der Waals surface area contributed by atoms with Crippen LogP contribution in [0.25, 0.3) is 0 Å². The highest BCUT2D eigenvalue weighted by Crippen LogP contribution is 2.26. The number of aryl methyl sites for hydroxylation is 2. The van der Waals surface area contributed by atoms with E-state index >= 15 is 0 Å². The Balaban J connectivity index is 1.61. The molecule has 1 aromatic carbocycles. The highest BCUT2D eigenvalue weighted by Gasteiger charge is 2.20. The molecule has 0 saturated heterocycles. The third-order valence-electron chi connectivity index (χ3n) is 4.47. The van der Waals surface area contributed by atoms with Gasteiger partial charge in [-0.15, -0.1) is 0 Å². The van der Waals surface area contributed by atoms with Crippen molar-refractivity contribution in [1.29, 1.82) is 0 Å². The molecule has 0 bridgehead atoms. The summed E-state index contributed by atoms with van der Waals surface area (Å²) in [6.45, 7) is 9.23. The SMILES string of the molecule is COc1ccc(C)cc1[C@H](C)NC[C@H]1CNc2cc(C)nn2C1. The second-order valence-electron chi connectivity index (χ2n) is 6.48. The van der Waals surface area contributed by atoms with Crippen molar-refractivity contribution in [2.75, 3.05) is 25.5 Å². The number of aromatic nitrogens is 2. The van der Waals surface area contributed by atoms with Crippen molar-refractivity contribution in [1.82, 2.24) is 15.1 Å². The Hall–Kier alpha value is -2.01. The van der Waals surface area contributed by atoms with Gasteiger partial charge in [-0.25, -0.2) is 4.68 Å². The number of hydrogen-bond donors (Lipinski definition) is 2. The van der Waals surface area contributed by atoms with Gasteiger partial charge in [0.25, 0.3) is 0 Å². The van der Waals surface area contributed by atoms with Crippen LogP contribution in [0, 0.1) is 19.8 Å². The minimum Gasteiger partial charge on any atom is -0.496 e. The topological polar surface area (TPSA) is 51.1 Å². The molecule has 2 atom stereocenters. The quantitative estimate of drug-likeness (QED) is 0.891. The summed E-state index contributed by atoms with van der Waals surface area (Å²) in [5.41, 5.74) is 3.54. The second kappa shape index (κ2) is 6.62. The van der Waals surface area contributed by atoms with Gasteiger partial charge in [0.05, 0.1) is 12.8 Å². The van der Waals surface area contributed by atoms with E-state index in [2.05, 4.69) is 52.5 Å². The molecule has 0 spiro atoms. The average molecular weight is 314 g/mol. The number of methoxy groups -OCH3 is 1. The maximum atomic E-state index is 5.50. The van der Waals surface area contributed by atoms with Crippen LogP contribution in [0.15, 0.2) is 24.3 Å². The first kappa shape index (κ1) is 15.9. The van der Waals surface area contributed by atoms with Gasteiger partial charge in [-0.3, -0.25) is 0 Å². The van der Waals surface area contributed by atoms with E-state index in [1.165, 1.54) is 11.1 Å². The normalized spacial score (nSPS) is 18.2. The molecular weight excluding hydrogens is 288 g/mol. The lowest BCUT2D eigenvalue weighted by atomic mass is 10.0. The molecule has 0 saturated carbocycles. The lowest BCUT2D eigenvalue weighted by molar-refractivity contribution is 0.367. The third-order valence-corrected chi connectivity index (χ3v) is 4.47. The largest absolute Gasteiger partial charge is 0.496 e. The van der Waals surface area contributed by atoms with Crippen molar-refractivity contribution in [3.8, 4) is 5.75 Å². The van der Waals surface area contributed by atoms with Gasteiger partial charge in [-0.2, -0.15) is 5.10 Å². The van der Waals surface area contributed by atoms with Crippen molar-refractivity contribution in [2.45, 2.75) is 33.4 Å². The monoisotopic (exact) mass is 314 g/mol. The summed E-state index contributed by atoms with van der Waals surface area (Å²) in [5, 5.41) is 11.6. The fourth-order valence-corrected chi connectivity index (χ4v) is 3.17. The van der Waals surface area contributed by atoms with Gasteiger partial charge < -0.3 is 15.4 Å². The number of fused-ring (bicyclic) bond motifs is 1. The fourth-order valence-electron chi connectivity index (χ4n) is 3.17. The lowest BCUT2D eigenvalue weighted by Gasteiger charge is -2.27. The Morgan fingerprint density at radius 3 is 3.00 bits per heavy atom. The molecule has 23 heavy (non-hydrogen) atoms. The van der Waals surface area contributed by atoms with Crippen LogP contribution in [0.4, 0.5) is 5.82 Å². The summed E-state index contributed by atoms with van der Waals surface area (Å²) in [5.74, 6) is 2.61. The molecule has 2 aromatic rings. The van der Waals surface area contributed by atoms with Gasteiger partial charge in [0, 0.05) is 43.2 Å².